The molecular weight excluding hydrogens is 347 g/mol. The van der Waals surface area contributed by atoms with Crippen molar-refractivity contribution < 1.29 is 28.3 Å². The average molecular weight is 362 g/mol. The molecule has 1 aliphatic heterocycles. The second-order valence-corrected chi connectivity index (χ2v) is 5.53. The summed E-state index contributed by atoms with van der Waals surface area (Å²) in [5.41, 5.74) is 0.369. The number of amides is 1. The quantitative estimate of drug-likeness (QED) is 0.626. The third kappa shape index (κ3) is 3.82. The molecule has 1 amide bonds. The first-order chi connectivity index (χ1) is 12.4. The highest BCUT2D eigenvalue weighted by Gasteiger charge is 2.22. The Morgan fingerprint density at radius 3 is 2.85 bits per heavy atom. The number of nitrogens with zero attached hydrogens (tertiary/aromatic N) is 1. The van der Waals surface area contributed by atoms with Gasteiger partial charge in [-0.1, -0.05) is 6.07 Å². The molecule has 2 aromatic carbocycles. The molecule has 3 rings (SSSR count). The maximum atomic E-state index is 13.3. The molecule has 1 aliphatic rings. The molecule has 0 aliphatic carbocycles. The maximum absolute atomic E-state index is 13.3. The summed E-state index contributed by atoms with van der Waals surface area (Å²) in [7, 11) is 0. The second kappa shape index (κ2) is 7.26. The molecule has 9 heteroatoms. The fourth-order valence-corrected chi connectivity index (χ4v) is 2.36. The van der Waals surface area contributed by atoms with Gasteiger partial charge in [0.15, 0.2) is 17.6 Å². The Balaban J connectivity index is 1.62. The average Bonchev–Trinajstić information content (AvgIpc) is 3.07. The van der Waals surface area contributed by atoms with E-state index in [1.54, 1.807) is 18.2 Å². The molecule has 0 aromatic heterocycles. The van der Waals surface area contributed by atoms with Gasteiger partial charge in [-0.3, -0.25) is 14.9 Å². The van der Waals surface area contributed by atoms with Crippen molar-refractivity contribution in [3.05, 3.63) is 57.9 Å². The Kier molecular flexibility index (Phi) is 4.87. The number of carbonyl (C=O) groups is 1. The van der Waals surface area contributed by atoms with Crippen molar-refractivity contribution in [2.45, 2.75) is 19.6 Å². The van der Waals surface area contributed by atoms with E-state index in [0.717, 1.165) is 23.8 Å². The Morgan fingerprint density at radius 2 is 2.08 bits per heavy atom. The predicted octanol–water partition coefficient (Wildman–Crippen LogP) is 2.55. The monoisotopic (exact) mass is 362 g/mol. The summed E-state index contributed by atoms with van der Waals surface area (Å²) >= 11 is 0. The normalized spacial score (nSPS) is 13.2. The van der Waals surface area contributed by atoms with Crippen LogP contribution in [0.15, 0.2) is 36.4 Å². The van der Waals surface area contributed by atoms with Gasteiger partial charge in [-0.2, -0.15) is 0 Å². The van der Waals surface area contributed by atoms with Crippen LogP contribution in [0.1, 0.15) is 12.5 Å². The minimum Gasteiger partial charge on any atom is -0.474 e. The Hall–Kier alpha value is -3.36. The molecule has 0 radical (unpaired) electrons. The number of halogens is 1. The van der Waals surface area contributed by atoms with Crippen LogP contribution in [0.25, 0.3) is 0 Å². The van der Waals surface area contributed by atoms with E-state index < -0.39 is 28.4 Å². The molecule has 136 valence electrons. The number of benzene rings is 2. The molecule has 0 saturated heterocycles. The molecular formula is C17H15FN2O6. The van der Waals surface area contributed by atoms with Crippen LogP contribution < -0.4 is 19.5 Å². The van der Waals surface area contributed by atoms with E-state index in [0.29, 0.717) is 11.5 Å². The van der Waals surface area contributed by atoms with Crippen molar-refractivity contribution in [3.8, 4) is 17.2 Å². The molecule has 8 nitrogen and oxygen atoms in total. The molecule has 1 atom stereocenters. The number of hydrogen-bond acceptors (Lipinski definition) is 6. The fourth-order valence-electron chi connectivity index (χ4n) is 2.36. The van der Waals surface area contributed by atoms with Crippen molar-refractivity contribution >= 4 is 11.6 Å². The fraction of sp³-hybridized carbons (Fsp3) is 0.235. The SMILES string of the molecule is C[C@H](Oc1cc(F)ccc1[N+](=O)[O-])C(=O)NCc1ccc2c(c1)OCO2. The maximum Gasteiger partial charge on any atom is 0.311 e. The van der Waals surface area contributed by atoms with Gasteiger partial charge in [-0.25, -0.2) is 4.39 Å². The van der Waals surface area contributed by atoms with E-state index in [4.69, 9.17) is 14.2 Å². The van der Waals surface area contributed by atoms with E-state index in [1.165, 1.54) is 6.92 Å². The van der Waals surface area contributed by atoms with Gasteiger partial charge in [0.2, 0.25) is 12.5 Å². The number of carbonyl (C=O) groups excluding carboxylic acids is 1. The number of hydrogen-bond donors (Lipinski definition) is 1. The third-order valence-corrected chi connectivity index (χ3v) is 3.70. The number of fused-ring (bicyclic) bond motifs is 1. The zero-order chi connectivity index (χ0) is 18.7. The topological polar surface area (TPSA) is 99.9 Å². The van der Waals surface area contributed by atoms with Gasteiger partial charge in [-0.15, -0.1) is 0 Å². The zero-order valence-electron chi connectivity index (χ0n) is 13.7. The van der Waals surface area contributed by atoms with Gasteiger partial charge in [0.05, 0.1) is 4.92 Å². The molecule has 0 bridgehead atoms. The van der Waals surface area contributed by atoms with Crippen LogP contribution >= 0.6 is 0 Å². The van der Waals surface area contributed by atoms with Crippen LogP contribution in [-0.2, 0) is 11.3 Å². The number of ether oxygens (including phenoxy) is 3. The van der Waals surface area contributed by atoms with Crippen LogP contribution in [-0.4, -0.2) is 23.7 Å². The molecule has 1 heterocycles. The number of nitro groups is 1. The lowest BCUT2D eigenvalue weighted by Gasteiger charge is -2.15. The van der Waals surface area contributed by atoms with E-state index in [2.05, 4.69) is 5.32 Å². The van der Waals surface area contributed by atoms with Gasteiger partial charge in [-0.05, 0) is 30.7 Å². The van der Waals surface area contributed by atoms with Gasteiger partial charge in [0.25, 0.3) is 5.91 Å². The summed E-state index contributed by atoms with van der Waals surface area (Å²) in [6, 6.07) is 8.07. The van der Waals surface area contributed by atoms with Gasteiger partial charge < -0.3 is 19.5 Å². The summed E-state index contributed by atoms with van der Waals surface area (Å²) in [6.45, 7) is 1.78. The molecule has 0 spiro atoms. The first-order valence-corrected chi connectivity index (χ1v) is 7.71. The Labute approximate surface area is 147 Å². The highest BCUT2D eigenvalue weighted by Crippen LogP contribution is 2.32. The molecule has 0 unspecified atom stereocenters. The van der Waals surface area contributed by atoms with Crippen LogP contribution in [0, 0.1) is 15.9 Å². The van der Waals surface area contributed by atoms with E-state index in [9.17, 15) is 19.3 Å². The first-order valence-electron chi connectivity index (χ1n) is 7.71. The van der Waals surface area contributed by atoms with Crippen LogP contribution in [0.2, 0.25) is 0 Å². The molecule has 26 heavy (non-hydrogen) atoms. The van der Waals surface area contributed by atoms with Crippen LogP contribution in [0.3, 0.4) is 0 Å². The van der Waals surface area contributed by atoms with Crippen molar-refractivity contribution in [1.29, 1.82) is 0 Å². The molecule has 0 saturated carbocycles. The highest BCUT2D eigenvalue weighted by atomic mass is 19.1. The summed E-state index contributed by atoms with van der Waals surface area (Å²) in [5, 5.41) is 13.6. The van der Waals surface area contributed by atoms with Crippen molar-refractivity contribution in [2.75, 3.05) is 6.79 Å². The molecule has 1 N–H and O–H groups in total. The van der Waals surface area contributed by atoms with Crippen molar-refractivity contribution in [2.24, 2.45) is 0 Å². The number of rotatable bonds is 6. The minimum atomic E-state index is -1.05. The third-order valence-electron chi connectivity index (χ3n) is 3.70. The largest absolute Gasteiger partial charge is 0.474 e. The van der Waals surface area contributed by atoms with Gasteiger partial charge in [0, 0.05) is 18.7 Å². The predicted molar refractivity (Wildman–Crippen MR) is 87.6 cm³/mol. The van der Waals surface area contributed by atoms with Crippen LogP contribution in [0.5, 0.6) is 17.2 Å². The first kappa shape index (κ1) is 17.5. The number of nitrogens with one attached hydrogen (secondary N) is 1. The summed E-state index contributed by atoms with van der Waals surface area (Å²) < 4.78 is 29.1. The summed E-state index contributed by atoms with van der Waals surface area (Å²) in [4.78, 5) is 22.4. The standard InChI is InChI=1S/C17H15FN2O6/c1-10(26-15-7-12(18)3-4-13(15)20(22)23)17(21)19-8-11-2-5-14-16(6-11)25-9-24-14/h2-7,10H,8-9H2,1H3,(H,19,21)/t10-/m0/s1. The highest BCUT2D eigenvalue weighted by molar-refractivity contribution is 5.80. The summed E-state index contributed by atoms with van der Waals surface area (Å²) in [6.07, 6.45) is -1.05. The number of nitro benzene ring substituents is 1. The molecule has 2 aromatic rings. The minimum absolute atomic E-state index is 0.155. The van der Waals surface area contributed by atoms with E-state index >= 15 is 0 Å². The van der Waals surface area contributed by atoms with E-state index in [1.807, 2.05) is 0 Å². The Morgan fingerprint density at radius 1 is 1.31 bits per heavy atom. The van der Waals surface area contributed by atoms with Crippen LogP contribution in [0.4, 0.5) is 10.1 Å². The lowest BCUT2D eigenvalue weighted by Crippen LogP contribution is -2.36. The second-order valence-electron chi connectivity index (χ2n) is 5.53. The van der Waals surface area contributed by atoms with Gasteiger partial charge >= 0.3 is 5.69 Å². The van der Waals surface area contributed by atoms with Gasteiger partial charge in [0.1, 0.15) is 5.82 Å². The van der Waals surface area contributed by atoms with E-state index in [-0.39, 0.29) is 19.1 Å². The Bertz CT molecular complexity index is 857. The van der Waals surface area contributed by atoms with Crippen molar-refractivity contribution in [3.63, 3.8) is 0 Å². The van der Waals surface area contributed by atoms with Crippen molar-refractivity contribution in [1.82, 2.24) is 5.32 Å². The lowest BCUT2D eigenvalue weighted by atomic mass is 10.2. The molecule has 0 fully saturated rings. The lowest BCUT2D eigenvalue weighted by molar-refractivity contribution is -0.386. The zero-order valence-corrected chi connectivity index (χ0v) is 13.7. The smallest absolute Gasteiger partial charge is 0.311 e. The summed E-state index contributed by atoms with van der Waals surface area (Å²) in [5.74, 6) is -0.271.